The summed E-state index contributed by atoms with van der Waals surface area (Å²) in [5.41, 5.74) is 1.61. The molecule has 3 fully saturated rings. The number of imide groups is 2. The molecule has 1 aromatic carbocycles. The van der Waals surface area contributed by atoms with Gasteiger partial charge >= 0.3 is 0 Å². The van der Waals surface area contributed by atoms with Crippen LogP contribution in [0.15, 0.2) is 29.8 Å². The summed E-state index contributed by atoms with van der Waals surface area (Å²) in [5.74, 6) is -4.85. The van der Waals surface area contributed by atoms with E-state index in [1.54, 1.807) is 25.1 Å². The third-order valence-corrected chi connectivity index (χ3v) is 8.85. The van der Waals surface area contributed by atoms with E-state index in [0.29, 0.717) is 23.1 Å². The standard InChI is InChI=1S/C22H20Cl2N2O5/c1-9-4-3-5-12(16(9)27)15-10-6-7-11-14(18(29)25-17(11)28)13(10)8-21(23)19(30)26(2)20(31)22(15,21)24/h3-6,11,13-15,27H,7-8H2,1-2H3,(H,25,28,29)/t11-,13+,14-,15+,21+,22-/m0/s1. The molecule has 2 saturated heterocycles. The second-order valence-corrected chi connectivity index (χ2v) is 10.1. The molecule has 7 nitrogen and oxygen atoms in total. The molecule has 2 N–H and O–H groups in total. The first-order valence-electron chi connectivity index (χ1n) is 10.1. The lowest BCUT2D eigenvalue weighted by molar-refractivity contribution is -0.138. The Balaban J connectivity index is 1.79. The maximum atomic E-state index is 13.3. The average Bonchev–Trinajstić information content (AvgIpc) is 3.09. The quantitative estimate of drug-likeness (QED) is 0.377. The van der Waals surface area contributed by atoms with Gasteiger partial charge in [0.2, 0.25) is 11.8 Å². The Bertz CT molecular complexity index is 1120. The van der Waals surface area contributed by atoms with Crippen LogP contribution in [0.2, 0.25) is 0 Å². The number of fused-ring (bicyclic) bond motifs is 4. The van der Waals surface area contributed by atoms with Crippen molar-refractivity contribution in [1.82, 2.24) is 10.2 Å². The Kier molecular flexibility index (Phi) is 4.19. The molecule has 2 aliphatic heterocycles. The summed E-state index contributed by atoms with van der Waals surface area (Å²) < 4.78 is 0. The molecule has 31 heavy (non-hydrogen) atoms. The molecular weight excluding hydrogens is 443 g/mol. The molecule has 6 atom stereocenters. The van der Waals surface area contributed by atoms with Gasteiger partial charge in [0.15, 0.2) is 9.75 Å². The minimum absolute atomic E-state index is 0.0445. The number of phenols is 1. The van der Waals surface area contributed by atoms with Gasteiger partial charge in [0, 0.05) is 18.5 Å². The lowest BCUT2D eigenvalue weighted by atomic mass is 9.56. The fourth-order valence-corrected chi connectivity index (χ4v) is 6.93. The topological polar surface area (TPSA) is 104 Å². The second-order valence-electron chi connectivity index (χ2n) is 8.86. The van der Waals surface area contributed by atoms with Crippen molar-refractivity contribution in [3.63, 3.8) is 0 Å². The van der Waals surface area contributed by atoms with Crippen LogP contribution in [-0.2, 0) is 19.2 Å². The van der Waals surface area contributed by atoms with E-state index in [-0.39, 0.29) is 18.1 Å². The number of nitrogens with zero attached hydrogens (tertiary/aromatic N) is 1. The van der Waals surface area contributed by atoms with Gasteiger partial charge in [-0.25, -0.2) is 0 Å². The number of nitrogens with one attached hydrogen (secondary N) is 1. The highest BCUT2D eigenvalue weighted by atomic mass is 35.5. The molecule has 4 amide bonds. The van der Waals surface area contributed by atoms with Gasteiger partial charge in [-0.2, -0.15) is 0 Å². The summed E-state index contributed by atoms with van der Waals surface area (Å²) >= 11 is 14.0. The van der Waals surface area contributed by atoms with Crippen LogP contribution >= 0.6 is 23.2 Å². The number of rotatable bonds is 1. The zero-order chi connectivity index (χ0) is 22.5. The van der Waals surface area contributed by atoms with Crippen LogP contribution in [0.5, 0.6) is 5.75 Å². The van der Waals surface area contributed by atoms with Crippen molar-refractivity contribution in [2.75, 3.05) is 7.05 Å². The second kappa shape index (κ2) is 6.33. The van der Waals surface area contributed by atoms with Crippen molar-refractivity contribution in [3.8, 4) is 5.75 Å². The van der Waals surface area contributed by atoms with E-state index in [2.05, 4.69) is 5.32 Å². The number of carbonyl (C=O) groups is 4. The number of aryl methyl sites for hydroxylation is 1. The molecule has 0 bridgehead atoms. The molecule has 1 saturated carbocycles. The number of likely N-dealkylation sites (tertiary alicyclic amines) is 1. The first kappa shape index (κ1) is 20.5. The number of amides is 4. The lowest BCUT2D eigenvalue weighted by Crippen LogP contribution is -2.60. The van der Waals surface area contributed by atoms with Gasteiger partial charge in [-0.1, -0.05) is 29.8 Å². The molecule has 0 radical (unpaired) electrons. The molecule has 4 aliphatic rings. The summed E-state index contributed by atoms with van der Waals surface area (Å²) in [4.78, 5) is 48.7. The Morgan fingerprint density at radius 1 is 1.10 bits per heavy atom. The molecule has 9 heteroatoms. The van der Waals surface area contributed by atoms with E-state index in [4.69, 9.17) is 23.2 Å². The van der Waals surface area contributed by atoms with Crippen molar-refractivity contribution < 1.29 is 24.3 Å². The summed E-state index contributed by atoms with van der Waals surface area (Å²) in [6.07, 6.45) is 2.08. The van der Waals surface area contributed by atoms with Crippen molar-refractivity contribution in [3.05, 3.63) is 41.0 Å². The monoisotopic (exact) mass is 462 g/mol. The van der Waals surface area contributed by atoms with Crippen LogP contribution < -0.4 is 5.32 Å². The molecule has 0 unspecified atom stereocenters. The van der Waals surface area contributed by atoms with E-state index in [9.17, 15) is 24.3 Å². The van der Waals surface area contributed by atoms with E-state index in [1.807, 2.05) is 6.08 Å². The van der Waals surface area contributed by atoms with E-state index >= 15 is 0 Å². The van der Waals surface area contributed by atoms with Gasteiger partial charge in [0.25, 0.3) is 11.8 Å². The van der Waals surface area contributed by atoms with Crippen LogP contribution in [-0.4, -0.2) is 50.4 Å². The average molecular weight is 463 g/mol. The molecule has 2 aliphatic carbocycles. The van der Waals surface area contributed by atoms with Crippen molar-refractivity contribution in [2.24, 2.45) is 17.8 Å². The predicted molar refractivity (Wildman–Crippen MR) is 111 cm³/mol. The van der Waals surface area contributed by atoms with Crippen LogP contribution in [0.4, 0.5) is 0 Å². The zero-order valence-corrected chi connectivity index (χ0v) is 18.3. The fourth-order valence-electron chi connectivity index (χ4n) is 5.92. The molecule has 162 valence electrons. The molecule has 2 heterocycles. The van der Waals surface area contributed by atoms with Gasteiger partial charge in [-0.15, -0.1) is 23.2 Å². The highest BCUT2D eigenvalue weighted by Crippen LogP contribution is 2.65. The maximum absolute atomic E-state index is 13.3. The minimum Gasteiger partial charge on any atom is -0.507 e. The summed E-state index contributed by atoms with van der Waals surface area (Å²) in [6.45, 7) is 1.72. The van der Waals surface area contributed by atoms with E-state index in [0.717, 1.165) is 4.90 Å². The smallest absolute Gasteiger partial charge is 0.253 e. The number of hydrogen-bond donors (Lipinski definition) is 2. The number of aromatic hydroxyl groups is 1. The molecule has 0 aromatic heterocycles. The predicted octanol–water partition coefficient (Wildman–Crippen LogP) is 1.98. The van der Waals surface area contributed by atoms with E-state index < -0.39 is 51.1 Å². The summed E-state index contributed by atoms with van der Waals surface area (Å²) in [5, 5.41) is 13.3. The SMILES string of the molecule is Cc1cccc([C@H]2C3=CC[C@@H]4C(=O)NC(=O)[C@@H]4[C@@H]3C[C@@]3(Cl)C(=O)N(C)C(=O)[C@@]23Cl)c1O. The Morgan fingerprint density at radius 2 is 1.81 bits per heavy atom. The maximum Gasteiger partial charge on any atom is 0.253 e. The zero-order valence-electron chi connectivity index (χ0n) is 16.8. The third kappa shape index (κ3) is 2.31. The molecule has 5 rings (SSSR count). The van der Waals surface area contributed by atoms with Crippen LogP contribution in [0.25, 0.3) is 0 Å². The fraction of sp³-hybridized carbons (Fsp3) is 0.455. The van der Waals surface area contributed by atoms with Gasteiger partial charge in [0.05, 0.1) is 11.8 Å². The highest BCUT2D eigenvalue weighted by Gasteiger charge is 2.75. The van der Waals surface area contributed by atoms with Gasteiger partial charge in [-0.05, 0) is 31.2 Å². The number of allylic oxidation sites excluding steroid dienone is 2. The Morgan fingerprint density at radius 3 is 2.52 bits per heavy atom. The Hall–Kier alpha value is -2.38. The van der Waals surface area contributed by atoms with E-state index in [1.165, 1.54) is 7.05 Å². The van der Waals surface area contributed by atoms with Crippen LogP contribution in [0.3, 0.4) is 0 Å². The Labute approximate surface area is 188 Å². The first-order valence-corrected chi connectivity index (χ1v) is 10.8. The van der Waals surface area contributed by atoms with Gasteiger partial charge in [-0.3, -0.25) is 29.4 Å². The molecule has 0 spiro atoms. The largest absolute Gasteiger partial charge is 0.507 e. The van der Waals surface area contributed by atoms with Crippen LogP contribution in [0, 0.1) is 24.7 Å². The summed E-state index contributed by atoms with van der Waals surface area (Å²) in [6, 6.07) is 5.10. The number of phenolic OH excluding ortho intramolecular Hbond substituents is 1. The lowest BCUT2D eigenvalue weighted by Gasteiger charge is -2.50. The third-order valence-electron chi connectivity index (χ3n) is 7.44. The molecular formula is C22H20Cl2N2O5. The number of halogens is 2. The number of benzene rings is 1. The number of alkyl halides is 2. The van der Waals surface area contributed by atoms with Crippen molar-refractivity contribution in [2.45, 2.75) is 35.4 Å². The number of para-hydroxylation sites is 1. The summed E-state index contributed by atoms with van der Waals surface area (Å²) in [7, 11) is 1.33. The number of hydrogen-bond acceptors (Lipinski definition) is 5. The van der Waals surface area contributed by atoms with Gasteiger partial charge in [0.1, 0.15) is 5.75 Å². The van der Waals surface area contributed by atoms with Crippen molar-refractivity contribution >= 4 is 46.8 Å². The molecule has 1 aromatic rings. The highest BCUT2D eigenvalue weighted by molar-refractivity contribution is 6.53. The minimum atomic E-state index is -1.88. The van der Waals surface area contributed by atoms with Crippen LogP contribution in [0.1, 0.15) is 29.9 Å². The number of carbonyl (C=O) groups excluding carboxylic acids is 4. The normalized spacial score (nSPS) is 39.1. The van der Waals surface area contributed by atoms with Gasteiger partial charge < -0.3 is 5.11 Å². The van der Waals surface area contributed by atoms with Crippen molar-refractivity contribution in [1.29, 1.82) is 0 Å². The first-order chi connectivity index (χ1) is 14.5.